The number of methoxy groups -OCH3 is 1. The Hall–Kier alpha value is -1.95. The van der Waals surface area contributed by atoms with Crippen molar-refractivity contribution in [1.29, 1.82) is 0 Å². The van der Waals surface area contributed by atoms with Crippen molar-refractivity contribution in [3.05, 3.63) is 35.9 Å². The molecule has 1 rings (SSSR count). The molecule has 5 nitrogen and oxygen atoms in total. The second-order valence-corrected chi connectivity index (χ2v) is 4.01. The monoisotopic (exact) mass is 266 g/mol. The van der Waals surface area contributed by atoms with Gasteiger partial charge in [-0.3, -0.25) is 9.59 Å². The number of nitrogens with one attached hydrogen (secondary N) is 1. The summed E-state index contributed by atoms with van der Waals surface area (Å²) in [6.07, 6.45) is 0. The van der Waals surface area contributed by atoms with Crippen LogP contribution in [0, 0.1) is 0 Å². The van der Waals surface area contributed by atoms with Gasteiger partial charge in [-0.25, -0.2) is 0 Å². The third-order valence-corrected chi connectivity index (χ3v) is 2.55. The summed E-state index contributed by atoms with van der Waals surface area (Å²) < 4.78 is 4.43. The van der Waals surface area contributed by atoms with Crippen molar-refractivity contribution in [3.8, 4) is 0 Å². The number of amides is 1. The highest BCUT2D eigenvalue weighted by Gasteiger charge is 2.23. The van der Waals surface area contributed by atoms with Crippen LogP contribution in [0.3, 0.4) is 0 Å². The van der Waals surface area contributed by atoms with Gasteiger partial charge in [0.15, 0.2) is 0 Å². The van der Waals surface area contributed by atoms with E-state index in [2.05, 4.69) is 10.1 Å². The molecule has 0 bridgehead atoms. The average Bonchev–Trinajstić information content (AvgIpc) is 2.37. The van der Waals surface area contributed by atoms with Gasteiger partial charge >= 0.3 is 5.97 Å². The summed E-state index contributed by atoms with van der Waals surface area (Å²) in [6.45, 7) is -0.207. The Morgan fingerprint density at radius 1 is 1.39 bits per heavy atom. The van der Waals surface area contributed by atoms with Gasteiger partial charge in [-0.15, -0.1) is 0 Å². The third-order valence-electron chi connectivity index (χ3n) is 2.31. The summed E-state index contributed by atoms with van der Waals surface area (Å²) in [6, 6.07) is 8.90. The molecule has 0 aliphatic heterocycles. The quantitative estimate of drug-likeness (QED) is 0.593. The van der Waals surface area contributed by atoms with Crippen LogP contribution in [0.15, 0.2) is 30.3 Å². The first kappa shape index (κ1) is 14.1. The number of hydrogen-bond acceptors (Lipinski definition) is 4. The number of benzene rings is 1. The smallest absolute Gasteiger partial charge is 0.325 e. The van der Waals surface area contributed by atoms with Crippen LogP contribution in [-0.2, 0) is 14.3 Å². The fraction of sp³-hybridized carbons (Fsp3) is 0.250. The Labute approximate surface area is 110 Å². The van der Waals surface area contributed by atoms with E-state index in [4.69, 9.17) is 18.0 Å². The molecule has 3 N–H and O–H groups in total. The van der Waals surface area contributed by atoms with Crippen molar-refractivity contribution in [2.24, 2.45) is 5.73 Å². The van der Waals surface area contributed by atoms with Crippen molar-refractivity contribution in [3.63, 3.8) is 0 Å². The van der Waals surface area contributed by atoms with Gasteiger partial charge in [0.05, 0.1) is 12.1 Å². The van der Waals surface area contributed by atoms with Crippen LogP contribution in [0.25, 0.3) is 0 Å². The number of hydrogen-bond donors (Lipinski definition) is 2. The second-order valence-electron chi connectivity index (χ2n) is 3.54. The van der Waals surface area contributed by atoms with Crippen molar-refractivity contribution in [2.75, 3.05) is 13.7 Å². The van der Waals surface area contributed by atoms with Gasteiger partial charge in [0, 0.05) is 0 Å². The number of nitrogens with two attached hydrogens (primary N) is 1. The maximum atomic E-state index is 11.9. The Morgan fingerprint density at radius 3 is 2.50 bits per heavy atom. The molecular formula is C12H14N2O3S. The molecule has 0 spiro atoms. The number of thiocarbonyl (C=S) groups is 1. The Morgan fingerprint density at radius 2 is 2.00 bits per heavy atom. The molecule has 0 saturated carbocycles. The minimum atomic E-state index is -0.745. The molecule has 0 heterocycles. The summed E-state index contributed by atoms with van der Waals surface area (Å²) >= 11 is 4.88. The highest BCUT2D eigenvalue weighted by atomic mass is 32.1. The lowest BCUT2D eigenvalue weighted by molar-refractivity contribution is -0.141. The predicted molar refractivity (Wildman–Crippen MR) is 71.0 cm³/mol. The number of esters is 1. The molecule has 0 aromatic heterocycles. The van der Waals surface area contributed by atoms with Gasteiger partial charge in [-0.05, 0) is 5.56 Å². The van der Waals surface area contributed by atoms with Gasteiger partial charge in [0.1, 0.15) is 12.5 Å². The Balaban J connectivity index is 2.77. The van der Waals surface area contributed by atoms with Crippen LogP contribution < -0.4 is 11.1 Å². The standard InChI is InChI=1S/C12H14N2O3S/c1-17-9(15)7-14-12(16)10(11(13)18)8-5-3-2-4-6-8/h2-6,10H,7H2,1H3,(H2,13,18)(H,14,16). The molecule has 1 unspecified atom stereocenters. The molecule has 1 aromatic carbocycles. The number of carbonyl (C=O) groups excluding carboxylic acids is 2. The normalized spacial score (nSPS) is 11.4. The van der Waals surface area contributed by atoms with Crippen molar-refractivity contribution >= 4 is 29.1 Å². The Kier molecular flexibility index (Phi) is 5.26. The number of rotatable bonds is 5. The molecular weight excluding hydrogens is 252 g/mol. The van der Waals surface area contributed by atoms with Crippen molar-refractivity contribution in [1.82, 2.24) is 5.32 Å². The highest BCUT2D eigenvalue weighted by molar-refractivity contribution is 7.80. The van der Waals surface area contributed by atoms with E-state index >= 15 is 0 Å². The van der Waals surface area contributed by atoms with E-state index in [0.717, 1.165) is 0 Å². The minimum Gasteiger partial charge on any atom is -0.468 e. The van der Waals surface area contributed by atoms with Crippen LogP contribution in [0.5, 0.6) is 0 Å². The summed E-state index contributed by atoms with van der Waals surface area (Å²) in [5.41, 5.74) is 6.25. The largest absolute Gasteiger partial charge is 0.468 e. The zero-order chi connectivity index (χ0) is 13.5. The zero-order valence-electron chi connectivity index (χ0n) is 9.88. The van der Waals surface area contributed by atoms with E-state index in [1.165, 1.54) is 7.11 Å². The molecule has 0 fully saturated rings. The topological polar surface area (TPSA) is 81.4 Å². The predicted octanol–water partition coefficient (Wildman–Crippen LogP) is 0.346. The molecule has 0 aliphatic carbocycles. The summed E-state index contributed by atoms with van der Waals surface area (Å²) in [5, 5.41) is 2.43. The average molecular weight is 266 g/mol. The minimum absolute atomic E-state index is 0.0589. The second kappa shape index (κ2) is 6.70. The van der Waals surface area contributed by atoms with Crippen LogP contribution >= 0.6 is 12.2 Å². The fourth-order valence-corrected chi connectivity index (χ4v) is 1.67. The van der Waals surface area contributed by atoms with Crippen LogP contribution in [0.1, 0.15) is 11.5 Å². The van der Waals surface area contributed by atoms with Gasteiger partial charge in [-0.2, -0.15) is 0 Å². The van der Waals surface area contributed by atoms with Gasteiger partial charge in [0.2, 0.25) is 5.91 Å². The van der Waals surface area contributed by atoms with Gasteiger partial charge in [0.25, 0.3) is 0 Å². The maximum absolute atomic E-state index is 11.9. The van der Waals surface area contributed by atoms with E-state index in [-0.39, 0.29) is 11.5 Å². The van der Waals surface area contributed by atoms with Crippen molar-refractivity contribution in [2.45, 2.75) is 5.92 Å². The van der Waals surface area contributed by atoms with Crippen LogP contribution in [-0.4, -0.2) is 30.5 Å². The fourth-order valence-electron chi connectivity index (χ4n) is 1.42. The first-order valence-electron chi connectivity index (χ1n) is 5.25. The molecule has 1 amide bonds. The number of carbonyl (C=O) groups is 2. The first-order valence-corrected chi connectivity index (χ1v) is 5.66. The lowest BCUT2D eigenvalue weighted by Crippen LogP contribution is -2.38. The molecule has 1 aromatic rings. The van der Waals surface area contributed by atoms with Crippen molar-refractivity contribution < 1.29 is 14.3 Å². The van der Waals surface area contributed by atoms with Crippen LogP contribution in [0.2, 0.25) is 0 Å². The zero-order valence-corrected chi connectivity index (χ0v) is 10.7. The lowest BCUT2D eigenvalue weighted by atomic mass is 9.98. The van der Waals surface area contributed by atoms with E-state index in [0.29, 0.717) is 5.56 Å². The number of ether oxygens (including phenoxy) is 1. The lowest BCUT2D eigenvalue weighted by Gasteiger charge is -2.15. The van der Waals surface area contributed by atoms with Gasteiger partial charge in [-0.1, -0.05) is 42.5 Å². The molecule has 0 saturated heterocycles. The molecule has 18 heavy (non-hydrogen) atoms. The molecule has 0 radical (unpaired) electrons. The molecule has 0 aliphatic rings. The third kappa shape index (κ3) is 3.81. The summed E-state index contributed by atoms with van der Waals surface area (Å²) in [7, 11) is 1.25. The SMILES string of the molecule is COC(=O)CNC(=O)C(C(N)=S)c1ccccc1. The van der Waals surface area contributed by atoms with Crippen LogP contribution in [0.4, 0.5) is 0 Å². The highest BCUT2D eigenvalue weighted by Crippen LogP contribution is 2.15. The van der Waals surface area contributed by atoms with E-state index in [1.807, 2.05) is 6.07 Å². The first-order chi connectivity index (χ1) is 8.56. The molecule has 1 atom stereocenters. The van der Waals surface area contributed by atoms with E-state index < -0.39 is 17.8 Å². The van der Waals surface area contributed by atoms with E-state index in [1.54, 1.807) is 24.3 Å². The van der Waals surface area contributed by atoms with E-state index in [9.17, 15) is 9.59 Å². The van der Waals surface area contributed by atoms with Gasteiger partial charge < -0.3 is 15.8 Å². The maximum Gasteiger partial charge on any atom is 0.325 e. The summed E-state index contributed by atoms with van der Waals surface area (Å²) in [5.74, 6) is -1.69. The summed E-state index contributed by atoms with van der Waals surface area (Å²) in [4.78, 5) is 22.9. The Bertz CT molecular complexity index is 448. The molecule has 96 valence electrons. The molecule has 6 heteroatoms.